The fraction of sp³-hybridized carbons (Fsp3) is 0.571. The Morgan fingerprint density at radius 2 is 1.67 bits per heavy atom. The Morgan fingerprint density at radius 3 is 2.07 bits per heavy atom. The Morgan fingerprint density at radius 1 is 1.13 bits per heavy atom. The molecule has 0 amide bonds. The van der Waals surface area contributed by atoms with E-state index in [4.69, 9.17) is 0 Å². The molecule has 84 valence electrons. The van der Waals surface area contributed by atoms with Gasteiger partial charge < -0.3 is 5.11 Å². The maximum absolute atomic E-state index is 9.43. The van der Waals surface area contributed by atoms with Gasteiger partial charge in [-0.05, 0) is 43.9 Å². The maximum Gasteiger partial charge on any atom is 0.0499 e. The summed E-state index contributed by atoms with van der Waals surface area (Å²) in [6, 6.07) is 4.42. The zero-order valence-electron chi connectivity index (χ0n) is 10.3. The molecule has 1 nitrogen and oxygen atoms in total. The molecule has 0 aliphatic rings. The van der Waals surface area contributed by atoms with E-state index < -0.39 is 0 Å². The molecule has 1 aromatic rings. The summed E-state index contributed by atoms with van der Waals surface area (Å²) in [5, 5.41) is 9.43. The van der Waals surface area contributed by atoms with Gasteiger partial charge in [0.25, 0.3) is 0 Å². The SMILES string of the molecule is CCCC(CO)c1c(C)cc(C)cc1C. The molecule has 0 saturated carbocycles. The van der Waals surface area contributed by atoms with Crippen molar-refractivity contribution in [2.45, 2.75) is 46.5 Å². The first-order valence-corrected chi connectivity index (χ1v) is 5.78. The van der Waals surface area contributed by atoms with Crippen molar-refractivity contribution in [3.05, 3.63) is 34.4 Å². The van der Waals surface area contributed by atoms with E-state index in [0.29, 0.717) is 5.92 Å². The molecule has 1 rings (SSSR count). The third-order valence-electron chi connectivity index (χ3n) is 3.00. The summed E-state index contributed by atoms with van der Waals surface area (Å²) >= 11 is 0. The third kappa shape index (κ3) is 2.82. The van der Waals surface area contributed by atoms with Crippen LogP contribution in [0.15, 0.2) is 12.1 Å². The van der Waals surface area contributed by atoms with Gasteiger partial charge in [0.1, 0.15) is 0 Å². The maximum atomic E-state index is 9.43. The summed E-state index contributed by atoms with van der Waals surface area (Å²) in [5.74, 6) is 0.315. The normalized spacial score (nSPS) is 12.9. The van der Waals surface area contributed by atoms with E-state index in [-0.39, 0.29) is 6.61 Å². The van der Waals surface area contributed by atoms with E-state index in [1.165, 1.54) is 22.3 Å². The van der Waals surface area contributed by atoms with Crippen LogP contribution >= 0.6 is 0 Å². The highest BCUT2D eigenvalue weighted by atomic mass is 16.3. The van der Waals surface area contributed by atoms with Crippen molar-refractivity contribution in [2.75, 3.05) is 6.61 Å². The van der Waals surface area contributed by atoms with Crippen molar-refractivity contribution in [2.24, 2.45) is 0 Å². The monoisotopic (exact) mass is 206 g/mol. The molecule has 0 heterocycles. The van der Waals surface area contributed by atoms with E-state index in [9.17, 15) is 5.11 Å². The van der Waals surface area contributed by atoms with Crippen LogP contribution in [0.1, 0.15) is 47.9 Å². The van der Waals surface area contributed by atoms with Gasteiger partial charge in [0.05, 0.1) is 0 Å². The van der Waals surface area contributed by atoms with Crippen molar-refractivity contribution < 1.29 is 5.11 Å². The Hall–Kier alpha value is -0.820. The molecule has 1 aromatic carbocycles. The Kier molecular flexibility index (Phi) is 4.34. The highest BCUT2D eigenvalue weighted by Gasteiger charge is 2.14. The molecule has 1 N–H and O–H groups in total. The standard InChI is InChI=1S/C14H22O/c1-5-6-13(9-15)14-11(3)7-10(2)8-12(14)4/h7-8,13,15H,5-6,9H2,1-4H3. The fourth-order valence-corrected chi connectivity index (χ4v) is 2.51. The van der Waals surface area contributed by atoms with Gasteiger partial charge in [-0.15, -0.1) is 0 Å². The second kappa shape index (κ2) is 5.32. The van der Waals surface area contributed by atoms with Gasteiger partial charge in [-0.2, -0.15) is 0 Å². The van der Waals surface area contributed by atoms with Crippen LogP contribution in [-0.2, 0) is 0 Å². The number of aliphatic hydroxyl groups excluding tert-OH is 1. The number of rotatable bonds is 4. The number of hydrogen-bond acceptors (Lipinski definition) is 1. The zero-order valence-corrected chi connectivity index (χ0v) is 10.3. The lowest BCUT2D eigenvalue weighted by Gasteiger charge is -2.19. The molecule has 1 unspecified atom stereocenters. The number of hydrogen-bond donors (Lipinski definition) is 1. The lowest BCUT2D eigenvalue weighted by molar-refractivity contribution is 0.257. The average Bonchev–Trinajstić information content (AvgIpc) is 2.14. The molecular weight excluding hydrogens is 184 g/mol. The third-order valence-corrected chi connectivity index (χ3v) is 3.00. The predicted octanol–water partition coefficient (Wildman–Crippen LogP) is 3.49. The van der Waals surface area contributed by atoms with Crippen LogP contribution in [0.25, 0.3) is 0 Å². The van der Waals surface area contributed by atoms with Crippen molar-refractivity contribution in [1.82, 2.24) is 0 Å². The molecule has 0 spiro atoms. The van der Waals surface area contributed by atoms with Crippen molar-refractivity contribution >= 4 is 0 Å². The highest BCUT2D eigenvalue weighted by molar-refractivity contribution is 5.39. The van der Waals surface area contributed by atoms with Crippen LogP contribution in [-0.4, -0.2) is 11.7 Å². The van der Waals surface area contributed by atoms with Gasteiger partial charge in [-0.1, -0.05) is 31.0 Å². The first kappa shape index (κ1) is 12.3. The molecule has 0 bridgehead atoms. The minimum atomic E-state index is 0.262. The van der Waals surface area contributed by atoms with Crippen LogP contribution in [0.5, 0.6) is 0 Å². The second-order valence-electron chi connectivity index (χ2n) is 4.48. The average molecular weight is 206 g/mol. The van der Waals surface area contributed by atoms with Crippen LogP contribution in [0.3, 0.4) is 0 Å². The summed E-state index contributed by atoms with van der Waals surface area (Å²) in [5.41, 5.74) is 5.30. The molecule has 0 aliphatic carbocycles. The van der Waals surface area contributed by atoms with Crippen molar-refractivity contribution in [1.29, 1.82) is 0 Å². The summed E-state index contributed by atoms with van der Waals surface area (Å²) in [4.78, 5) is 0. The second-order valence-corrected chi connectivity index (χ2v) is 4.48. The first-order chi connectivity index (χ1) is 7.10. The van der Waals surface area contributed by atoms with Crippen LogP contribution in [0.4, 0.5) is 0 Å². The van der Waals surface area contributed by atoms with Gasteiger partial charge in [0.15, 0.2) is 0 Å². The lowest BCUT2D eigenvalue weighted by atomic mass is 9.87. The van der Waals surface area contributed by atoms with Crippen LogP contribution < -0.4 is 0 Å². The quantitative estimate of drug-likeness (QED) is 0.799. The van der Waals surface area contributed by atoms with Gasteiger partial charge in [-0.25, -0.2) is 0 Å². The summed E-state index contributed by atoms with van der Waals surface area (Å²) < 4.78 is 0. The number of aliphatic hydroxyl groups is 1. The van der Waals surface area contributed by atoms with Gasteiger partial charge in [-0.3, -0.25) is 0 Å². The molecule has 1 heteroatoms. The largest absolute Gasteiger partial charge is 0.396 e. The van der Waals surface area contributed by atoms with Crippen LogP contribution in [0, 0.1) is 20.8 Å². The van der Waals surface area contributed by atoms with E-state index in [0.717, 1.165) is 12.8 Å². The zero-order chi connectivity index (χ0) is 11.4. The highest BCUT2D eigenvalue weighted by Crippen LogP contribution is 2.28. The molecular formula is C14H22O. The molecule has 0 radical (unpaired) electrons. The van der Waals surface area contributed by atoms with E-state index in [1.807, 2.05) is 0 Å². The first-order valence-electron chi connectivity index (χ1n) is 5.78. The predicted molar refractivity (Wildman–Crippen MR) is 65.4 cm³/mol. The minimum absolute atomic E-state index is 0.262. The molecule has 0 aromatic heterocycles. The Balaban J connectivity index is 3.11. The molecule has 0 saturated heterocycles. The molecule has 0 aliphatic heterocycles. The van der Waals surface area contributed by atoms with Gasteiger partial charge in [0.2, 0.25) is 0 Å². The summed E-state index contributed by atoms with van der Waals surface area (Å²) in [6.45, 7) is 8.85. The molecule has 15 heavy (non-hydrogen) atoms. The van der Waals surface area contributed by atoms with Crippen LogP contribution in [0.2, 0.25) is 0 Å². The smallest absolute Gasteiger partial charge is 0.0499 e. The molecule has 0 fully saturated rings. The Bertz CT molecular complexity index is 305. The van der Waals surface area contributed by atoms with E-state index in [1.54, 1.807) is 0 Å². The molecule has 1 atom stereocenters. The minimum Gasteiger partial charge on any atom is -0.396 e. The summed E-state index contributed by atoms with van der Waals surface area (Å²) in [6.07, 6.45) is 2.19. The Labute approximate surface area is 93.1 Å². The van der Waals surface area contributed by atoms with Crippen molar-refractivity contribution in [3.63, 3.8) is 0 Å². The van der Waals surface area contributed by atoms with Gasteiger partial charge in [0, 0.05) is 12.5 Å². The lowest BCUT2D eigenvalue weighted by Crippen LogP contribution is -2.08. The fourth-order valence-electron chi connectivity index (χ4n) is 2.51. The number of aryl methyl sites for hydroxylation is 3. The van der Waals surface area contributed by atoms with E-state index in [2.05, 4.69) is 39.8 Å². The summed E-state index contributed by atoms with van der Waals surface area (Å²) in [7, 11) is 0. The van der Waals surface area contributed by atoms with Crippen molar-refractivity contribution in [3.8, 4) is 0 Å². The van der Waals surface area contributed by atoms with Gasteiger partial charge >= 0.3 is 0 Å². The van der Waals surface area contributed by atoms with E-state index >= 15 is 0 Å². The topological polar surface area (TPSA) is 20.2 Å². The number of benzene rings is 1.